The first kappa shape index (κ1) is 25.3. The fraction of sp³-hybridized carbons (Fsp3) is 0.739. The van der Waals surface area contributed by atoms with Crippen LogP contribution in [0.2, 0.25) is 0 Å². The van der Waals surface area contributed by atoms with Gasteiger partial charge in [0.2, 0.25) is 0 Å². The molecular formula is C23H42ClNO. The molecule has 3 heteroatoms. The van der Waals surface area contributed by atoms with E-state index in [1.165, 1.54) is 89.9 Å². The average Bonchev–Trinajstić information content (AvgIpc) is 2.65. The number of anilines is 1. The molecule has 0 saturated heterocycles. The number of nitrogens with one attached hydrogen (secondary N) is 1. The third-order valence-corrected chi connectivity index (χ3v) is 5.00. The summed E-state index contributed by atoms with van der Waals surface area (Å²) in [5.74, 6) is 0. The molecule has 1 aromatic carbocycles. The molecule has 0 unspecified atom stereocenters. The van der Waals surface area contributed by atoms with Gasteiger partial charge >= 0.3 is 0 Å². The van der Waals surface area contributed by atoms with E-state index in [1.54, 1.807) is 0 Å². The predicted octanol–water partition coefficient (Wildman–Crippen LogP) is 7.49. The minimum absolute atomic E-state index is 0. The van der Waals surface area contributed by atoms with Crippen molar-refractivity contribution in [3.63, 3.8) is 0 Å². The van der Waals surface area contributed by atoms with E-state index in [2.05, 4.69) is 24.4 Å². The van der Waals surface area contributed by atoms with Crippen LogP contribution in [-0.4, -0.2) is 11.7 Å². The Bertz CT molecular complexity index is 394. The van der Waals surface area contributed by atoms with Gasteiger partial charge in [0.15, 0.2) is 0 Å². The lowest BCUT2D eigenvalue weighted by atomic mass is 10.0. The molecule has 0 amide bonds. The second kappa shape index (κ2) is 19.0. The first-order valence-electron chi connectivity index (χ1n) is 10.8. The van der Waals surface area contributed by atoms with Gasteiger partial charge in [-0.15, -0.1) is 12.4 Å². The van der Waals surface area contributed by atoms with Gasteiger partial charge in [-0.1, -0.05) is 103 Å². The van der Waals surface area contributed by atoms with E-state index in [0.717, 1.165) is 17.8 Å². The zero-order chi connectivity index (χ0) is 18.0. The minimum atomic E-state index is 0. The maximum Gasteiger partial charge on any atom is 0.0681 e. The van der Waals surface area contributed by atoms with Gasteiger partial charge in [-0.25, -0.2) is 0 Å². The molecule has 1 aromatic rings. The Kier molecular flexibility index (Phi) is 18.5. The van der Waals surface area contributed by atoms with Gasteiger partial charge in [0, 0.05) is 12.2 Å². The molecule has 0 atom stereocenters. The number of benzene rings is 1. The molecule has 2 nitrogen and oxygen atoms in total. The van der Waals surface area contributed by atoms with E-state index < -0.39 is 0 Å². The molecule has 152 valence electrons. The summed E-state index contributed by atoms with van der Waals surface area (Å²) in [5, 5.41) is 12.5. The van der Waals surface area contributed by atoms with Crippen LogP contribution >= 0.6 is 12.4 Å². The summed E-state index contributed by atoms with van der Waals surface area (Å²) in [6.45, 7) is 3.46. The zero-order valence-corrected chi connectivity index (χ0v) is 17.8. The van der Waals surface area contributed by atoms with E-state index in [1.807, 2.05) is 12.1 Å². The second-order valence-corrected chi connectivity index (χ2v) is 7.38. The molecule has 0 aliphatic rings. The fourth-order valence-corrected chi connectivity index (χ4v) is 3.28. The van der Waals surface area contributed by atoms with Crippen LogP contribution in [0.5, 0.6) is 0 Å². The molecule has 26 heavy (non-hydrogen) atoms. The van der Waals surface area contributed by atoms with E-state index in [9.17, 15) is 0 Å². The number of rotatable bonds is 17. The van der Waals surface area contributed by atoms with Crippen LogP contribution in [0, 0.1) is 0 Å². The minimum Gasteiger partial charge on any atom is -0.392 e. The zero-order valence-electron chi connectivity index (χ0n) is 17.0. The highest BCUT2D eigenvalue weighted by Crippen LogP contribution is 2.13. The Hall–Kier alpha value is -0.730. The van der Waals surface area contributed by atoms with E-state index in [4.69, 9.17) is 5.11 Å². The van der Waals surface area contributed by atoms with Gasteiger partial charge < -0.3 is 10.4 Å². The molecule has 0 bridgehead atoms. The van der Waals surface area contributed by atoms with Crippen molar-refractivity contribution < 1.29 is 5.11 Å². The van der Waals surface area contributed by atoms with Gasteiger partial charge in [0.05, 0.1) is 6.61 Å². The van der Waals surface area contributed by atoms with Crippen LogP contribution in [0.25, 0.3) is 0 Å². The van der Waals surface area contributed by atoms with Gasteiger partial charge in [-0.2, -0.15) is 0 Å². The van der Waals surface area contributed by atoms with E-state index in [-0.39, 0.29) is 19.0 Å². The Morgan fingerprint density at radius 3 is 1.50 bits per heavy atom. The maximum absolute atomic E-state index is 9.02. The quantitative estimate of drug-likeness (QED) is 0.273. The molecule has 2 N–H and O–H groups in total. The van der Waals surface area contributed by atoms with Gasteiger partial charge in [-0.3, -0.25) is 0 Å². The number of hydrogen-bond donors (Lipinski definition) is 2. The third kappa shape index (κ3) is 14.4. The molecule has 0 radical (unpaired) electrons. The summed E-state index contributed by atoms with van der Waals surface area (Å²) in [4.78, 5) is 0. The summed E-state index contributed by atoms with van der Waals surface area (Å²) >= 11 is 0. The largest absolute Gasteiger partial charge is 0.392 e. The second-order valence-electron chi connectivity index (χ2n) is 7.38. The first-order valence-corrected chi connectivity index (χ1v) is 10.8. The van der Waals surface area contributed by atoms with Crippen LogP contribution in [0.4, 0.5) is 5.69 Å². The molecule has 1 rings (SSSR count). The van der Waals surface area contributed by atoms with Crippen LogP contribution in [-0.2, 0) is 6.61 Å². The summed E-state index contributed by atoms with van der Waals surface area (Å²) in [6, 6.07) is 8.06. The SMILES string of the molecule is CCCCCCCCCCCCCCCCNc1ccc(CO)cc1.Cl. The van der Waals surface area contributed by atoms with Gasteiger partial charge in [0.25, 0.3) is 0 Å². The van der Waals surface area contributed by atoms with E-state index >= 15 is 0 Å². The van der Waals surface area contributed by atoms with Crippen molar-refractivity contribution in [2.45, 2.75) is 103 Å². The lowest BCUT2D eigenvalue weighted by Gasteiger charge is -2.07. The Morgan fingerprint density at radius 1 is 0.654 bits per heavy atom. The molecule has 0 saturated carbocycles. The normalized spacial score (nSPS) is 10.5. The van der Waals surface area contributed by atoms with Crippen molar-refractivity contribution >= 4 is 18.1 Å². The number of aliphatic hydroxyl groups is 1. The number of hydrogen-bond acceptors (Lipinski definition) is 2. The smallest absolute Gasteiger partial charge is 0.0681 e. The molecule has 0 fully saturated rings. The number of unbranched alkanes of at least 4 members (excludes halogenated alkanes) is 13. The van der Waals surface area contributed by atoms with Crippen molar-refractivity contribution in [2.75, 3.05) is 11.9 Å². The molecule has 0 heterocycles. The Balaban J connectivity index is 0.00000625. The average molecular weight is 384 g/mol. The van der Waals surface area contributed by atoms with Crippen molar-refractivity contribution in [2.24, 2.45) is 0 Å². The van der Waals surface area contributed by atoms with Crippen molar-refractivity contribution in [3.05, 3.63) is 29.8 Å². The number of halogens is 1. The molecule has 0 aromatic heterocycles. The van der Waals surface area contributed by atoms with Crippen LogP contribution in [0.3, 0.4) is 0 Å². The third-order valence-electron chi connectivity index (χ3n) is 5.00. The Labute approximate surface area is 168 Å². The lowest BCUT2D eigenvalue weighted by molar-refractivity contribution is 0.282. The van der Waals surface area contributed by atoms with Crippen LogP contribution in [0.15, 0.2) is 24.3 Å². The van der Waals surface area contributed by atoms with Gasteiger partial charge in [-0.05, 0) is 24.1 Å². The molecule has 0 aliphatic heterocycles. The van der Waals surface area contributed by atoms with Crippen LogP contribution in [0.1, 0.15) is 102 Å². The summed E-state index contributed by atoms with van der Waals surface area (Å²) in [5.41, 5.74) is 2.13. The standard InChI is InChI=1S/C23H41NO.ClH/c1-2-3-4-5-6-7-8-9-10-11-12-13-14-15-20-24-23-18-16-22(21-25)17-19-23;/h16-19,24-25H,2-15,20-21H2,1H3;1H. The highest BCUT2D eigenvalue weighted by Gasteiger charge is 1.95. The summed E-state index contributed by atoms with van der Waals surface area (Å²) in [6.07, 6.45) is 19.7. The number of aliphatic hydroxyl groups excluding tert-OH is 1. The Morgan fingerprint density at radius 2 is 1.08 bits per heavy atom. The van der Waals surface area contributed by atoms with Crippen molar-refractivity contribution in [1.29, 1.82) is 0 Å². The lowest BCUT2D eigenvalue weighted by Crippen LogP contribution is -2.01. The van der Waals surface area contributed by atoms with Crippen molar-refractivity contribution in [1.82, 2.24) is 0 Å². The van der Waals surface area contributed by atoms with Crippen molar-refractivity contribution in [3.8, 4) is 0 Å². The monoisotopic (exact) mass is 383 g/mol. The molecule has 0 spiro atoms. The maximum atomic E-state index is 9.02. The fourth-order valence-electron chi connectivity index (χ4n) is 3.28. The molecular weight excluding hydrogens is 342 g/mol. The first-order chi connectivity index (χ1) is 12.4. The van der Waals surface area contributed by atoms with Crippen LogP contribution < -0.4 is 5.32 Å². The summed E-state index contributed by atoms with van der Waals surface area (Å²) in [7, 11) is 0. The van der Waals surface area contributed by atoms with Gasteiger partial charge in [0.1, 0.15) is 0 Å². The highest BCUT2D eigenvalue weighted by atomic mass is 35.5. The predicted molar refractivity (Wildman–Crippen MR) is 118 cm³/mol. The molecule has 0 aliphatic carbocycles. The van der Waals surface area contributed by atoms with E-state index in [0.29, 0.717) is 0 Å². The topological polar surface area (TPSA) is 32.3 Å². The highest BCUT2D eigenvalue weighted by molar-refractivity contribution is 5.85. The summed E-state index contributed by atoms with van der Waals surface area (Å²) < 4.78 is 0.